The number of ether oxygens (including phenoxy) is 1. The molecule has 1 aliphatic rings. The van der Waals surface area contributed by atoms with Crippen molar-refractivity contribution in [3.8, 4) is 5.75 Å². The Bertz CT molecular complexity index is 349. The van der Waals surface area contributed by atoms with Crippen LogP contribution >= 0.6 is 0 Å². The van der Waals surface area contributed by atoms with E-state index < -0.39 is 0 Å². The van der Waals surface area contributed by atoms with Crippen molar-refractivity contribution >= 4 is 0 Å². The second-order valence-corrected chi connectivity index (χ2v) is 4.86. The van der Waals surface area contributed by atoms with Gasteiger partial charge in [-0.3, -0.25) is 0 Å². The Morgan fingerprint density at radius 1 is 1.39 bits per heavy atom. The van der Waals surface area contributed by atoms with Crippen molar-refractivity contribution in [1.82, 2.24) is 10.2 Å². The molecule has 1 aliphatic heterocycles. The van der Waals surface area contributed by atoms with Crippen molar-refractivity contribution in [3.05, 3.63) is 30.1 Å². The summed E-state index contributed by atoms with van der Waals surface area (Å²) in [6, 6.07) is 6.78. The first-order chi connectivity index (χ1) is 8.74. The SMILES string of the molecule is CN(CCOc1ccc(F)cc1)CC1CCCN1. The average molecular weight is 252 g/mol. The van der Waals surface area contributed by atoms with Gasteiger partial charge in [-0.2, -0.15) is 0 Å². The maximum atomic E-state index is 12.7. The Morgan fingerprint density at radius 2 is 2.17 bits per heavy atom. The van der Waals surface area contributed by atoms with Crippen LogP contribution in [0.5, 0.6) is 5.75 Å². The molecule has 1 N–H and O–H groups in total. The number of nitrogens with one attached hydrogen (secondary N) is 1. The lowest BCUT2D eigenvalue weighted by Crippen LogP contribution is -2.37. The van der Waals surface area contributed by atoms with Gasteiger partial charge in [-0.25, -0.2) is 4.39 Å². The molecule has 1 heterocycles. The molecule has 1 unspecified atom stereocenters. The summed E-state index contributed by atoms with van der Waals surface area (Å²) in [7, 11) is 2.11. The third-order valence-electron chi connectivity index (χ3n) is 3.25. The second-order valence-electron chi connectivity index (χ2n) is 4.86. The number of benzene rings is 1. The zero-order valence-electron chi connectivity index (χ0n) is 10.9. The molecule has 1 aromatic rings. The summed E-state index contributed by atoms with van der Waals surface area (Å²) >= 11 is 0. The van der Waals surface area contributed by atoms with Crippen LogP contribution in [0.15, 0.2) is 24.3 Å². The lowest BCUT2D eigenvalue weighted by Gasteiger charge is -2.21. The molecule has 0 bridgehead atoms. The number of halogens is 1. The lowest BCUT2D eigenvalue weighted by atomic mass is 10.2. The van der Waals surface area contributed by atoms with Crippen LogP contribution in [-0.2, 0) is 0 Å². The standard InChI is InChI=1S/C14H21FN2O/c1-17(11-13-3-2-8-16-13)9-10-18-14-6-4-12(15)5-7-14/h4-7,13,16H,2-3,8-11H2,1H3. The van der Waals surface area contributed by atoms with Crippen molar-refractivity contribution < 1.29 is 9.13 Å². The predicted octanol–water partition coefficient (Wildman–Crippen LogP) is 1.89. The van der Waals surface area contributed by atoms with Gasteiger partial charge in [-0.1, -0.05) is 0 Å². The van der Waals surface area contributed by atoms with Gasteiger partial charge in [0.15, 0.2) is 0 Å². The minimum absolute atomic E-state index is 0.230. The van der Waals surface area contributed by atoms with Crippen LogP contribution in [0, 0.1) is 5.82 Å². The molecule has 0 aromatic heterocycles. The van der Waals surface area contributed by atoms with E-state index in [1.165, 1.54) is 25.0 Å². The minimum Gasteiger partial charge on any atom is -0.492 e. The van der Waals surface area contributed by atoms with Gasteiger partial charge >= 0.3 is 0 Å². The molecule has 0 radical (unpaired) electrons. The van der Waals surface area contributed by atoms with Gasteiger partial charge in [-0.15, -0.1) is 0 Å². The van der Waals surface area contributed by atoms with E-state index >= 15 is 0 Å². The number of hydrogen-bond acceptors (Lipinski definition) is 3. The monoisotopic (exact) mass is 252 g/mol. The van der Waals surface area contributed by atoms with Gasteiger partial charge in [0, 0.05) is 19.1 Å². The van der Waals surface area contributed by atoms with Crippen molar-refractivity contribution in [1.29, 1.82) is 0 Å². The molecule has 0 saturated carbocycles. The first-order valence-corrected chi connectivity index (χ1v) is 6.54. The van der Waals surface area contributed by atoms with Crippen LogP contribution in [0.3, 0.4) is 0 Å². The predicted molar refractivity (Wildman–Crippen MR) is 70.4 cm³/mol. The summed E-state index contributed by atoms with van der Waals surface area (Å²) in [5.41, 5.74) is 0. The topological polar surface area (TPSA) is 24.5 Å². The highest BCUT2D eigenvalue weighted by Gasteiger charge is 2.15. The van der Waals surface area contributed by atoms with E-state index in [2.05, 4.69) is 17.3 Å². The van der Waals surface area contributed by atoms with E-state index in [1.54, 1.807) is 12.1 Å². The molecule has 1 atom stereocenters. The molecule has 0 aliphatic carbocycles. The van der Waals surface area contributed by atoms with E-state index in [0.29, 0.717) is 12.6 Å². The Labute approximate surface area is 108 Å². The van der Waals surface area contributed by atoms with Crippen LogP contribution in [0.25, 0.3) is 0 Å². The molecule has 0 spiro atoms. The summed E-state index contributed by atoms with van der Waals surface area (Å²) in [5, 5.41) is 3.48. The molecule has 2 rings (SSSR count). The zero-order valence-corrected chi connectivity index (χ0v) is 10.9. The van der Waals surface area contributed by atoms with Gasteiger partial charge < -0.3 is 15.0 Å². The van der Waals surface area contributed by atoms with Crippen LogP contribution in [0.4, 0.5) is 4.39 Å². The van der Waals surface area contributed by atoms with Gasteiger partial charge in [-0.05, 0) is 50.7 Å². The summed E-state index contributed by atoms with van der Waals surface area (Å²) in [4.78, 5) is 2.27. The number of nitrogens with zero attached hydrogens (tertiary/aromatic N) is 1. The minimum atomic E-state index is -0.230. The normalized spacial score (nSPS) is 19.4. The van der Waals surface area contributed by atoms with E-state index in [-0.39, 0.29) is 5.82 Å². The van der Waals surface area contributed by atoms with Crippen molar-refractivity contribution in [2.45, 2.75) is 18.9 Å². The maximum absolute atomic E-state index is 12.7. The quantitative estimate of drug-likeness (QED) is 0.836. The second kappa shape index (κ2) is 6.71. The van der Waals surface area contributed by atoms with Crippen LogP contribution < -0.4 is 10.1 Å². The van der Waals surface area contributed by atoms with E-state index in [1.807, 2.05) is 0 Å². The molecule has 1 saturated heterocycles. The summed E-state index contributed by atoms with van der Waals surface area (Å²) in [6.07, 6.45) is 2.55. The van der Waals surface area contributed by atoms with Gasteiger partial charge in [0.1, 0.15) is 18.2 Å². The fourth-order valence-electron chi connectivity index (χ4n) is 2.23. The highest BCUT2D eigenvalue weighted by molar-refractivity contribution is 5.21. The van der Waals surface area contributed by atoms with Crippen molar-refractivity contribution in [2.75, 3.05) is 33.3 Å². The Hall–Kier alpha value is -1.13. The summed E-state index contributed by atoms with van der Waals surface area (Å²) < 4.78 is 18.3. The summed E-state index contributed by atoms with van der Waals surface area (Å²) in [5.74, 6) is 0.496. The fourth-order valence-corrected chi connectivity index (χ4v) is 2.23. The Balaban J connectivity index is 1.63. The molecule has 0 amide bonds. The number of likely N-dealkylation sites (N-methyl/N-ethyl adjacent to an activating group) is 1. The van der Waals surface area contributed by atoms with Crippen molar-refractivity contribution in [2.24, 2.45) is 0 Å². The van der Waals surface area contributed by atoms with Crippen molar-refractivity contribution in [3.63, 3.8) is 0 Å². The van der Waals surface area contributed by atoms with E-state index in [9.17, 15) is 4.39 Å². The molecular formula is C14H21FN2O. The molecule has 100 valence electrons. The van der Waals surface area contributed by atoms with Crippen LogP contribution in [-0.4, -0.2) is 44.2 Å². The smallest absolute Gasteiger partial charge is 0.123 e. The van der Waals surface area contributed by atoms with Gasteiger partial charge in [0.25, 0.3) is 0 Å². The zero-order chi connectivity index (χ0) is 12.8. The Morgan fingerprint density at radius 3 is 2.83 bits per heavy atom. The third-order valence-corrected chi connectivity index (χ3v) is 3.25. The third kappa shape index (κ3) is 4.27. The van der Waals surface area contributed by atoms with Crippen LogP contribution in [0.1, 0.15) is 12.8 Å². The molecule has 4 heteroatoms. The molecule has 18 heavy (non-hydrogen) atoms. The maximum Gasteiger partial charge on any atom is 0.123 e. The molecule has 3 nitrogen and oxygen atoms in total. The first kappa shape index (κ1) is 13.3. The van der Waals surface area contributed by atoms with Gasteiger partial charge in [0.2, 0.25) is 0 Å². The van der Waals surface area contributed by atoms with E-state index in [4.69, 9.17) is 4.74 Å². The number of rotatable bonds is 6. The lowest BCUT2D eigenvalue weighted by molar-refractivity contribution is 0.225. The van der Waals surface area contributed by atoms with Crippen LogP contribution in [0.2, 0.25) is 0 Å². The van der Waals surface area contributed by atoms with Gasteiger partial charge in [0.05, 0.1) is 0 Å². The molecule has 1 aromatic carbocycles. The average Bonchev–Trinajstić information content (AvgIpc) is 2.84. The first-order valence-electron chi connectivity index (χ1n) is 6.54. The van der Waals surface area contributed by atoms with E-state index in [0.717, 1.165) is 25.4 Å². The molecule has 1 fully saturated rings. The highest BCUT2D eigenvalue weighted by atomic mass is 19.1. The molecular weight excluding hydrogens is 231 g/mol. The highest BCUT2D eigenvalue weighted by Crippen LogP contribution is 2.11. The fraction of sp³-hybridized carbons (Fsp3) is 0.571. The Kier molecular flexibility index (Phi) is 4.96. The largest absolute Gasteiger partial charge is 0.492 e. The summed E-state index contributed by atoms with van der Waals surface area (Å²) in [6.45, 7) is 3.72. The number of hydrogen-bond donors (Lipinski definition) is 1.